The van der Waals surface area contributed by atoms with Crippen molar-refractivity contribution in [3.8, 4) is 0 Å². The van der Waals surface area contributed by atoms with Gasteiger partial charge in [-0.15, -0.1) is 0 Å². The van der Waals surface area contributed by atoms with Crippen molar-refractivity contribution < 1.29 is 15.0 Å². The first-order valence-electron chi connectivity index (χ1n) is 6.45. The number of carboxylic acid groups (broad SMARTS) is 1. The van der Waals surface area contributed by atoms with E-state index in [0.29, 0.717) is 12.0 Å². The lowest BCUT2D eigenvalue weighted by Crippen LogP contribution is -2.22. The quantitative estimate of drug-likeness (QED) is 0.815. The monoisotopic (exact) mass is 250 g/mol. The zero-order chi connectivity index (χ0) is 13.7. The van der Waals surface area contributed by atoms with Crippen LogP contribution in [0, 0.1) is 19.8 Å². The molecule has 0 aliphatic heterocycles. The van der Waals surface area contributed by atoms with E-state index in [2.05, 4.69) is 0 Å². The summed E-state index contributed by atoms with van der Waals surface area (Å²) in [6.45, 7) is 5.98. The SMILES string of the molecule is CCCCC(C(=O)O)C(O)c1ccc(C)c(C)c1. The zero-order valence-corrected chi connectivity index (χ0v) is 11.3. The van der Waals surface area contributed by atoms with Crippen LogP contribution in [0.2, 0.25) is 0 Å². The molecule has 0 aliphatic carbocycles. The Morgan fingerprint density at radius 1 is 1.28 bits per heavy atom. The number of aryl methyl sites for hydroxylation is 2. The van der Waals surface area contributed by atoms with Crippen molar-refractivity contribution in [1.29, 1.82) is 0 Å². The molecule has 1 rings (SSSR count). The average molecular weight is 250 g/mol. The van der Waals surface area contributed by atoms with Crippen LogP contribution in [0.25, 0.3) is 0 Å². The van der Waals surface area contributed by atoms with E-state index in [1.807, 2.05) is 39.0 Å². The lowest BCUT2D eigenvalue weighted by atomic mass is 9.90. The summed E-state index contributed by atoms with van der Waals surface area (Å²) in [5.41, 5.74) is 2.92. The highest BCUT2D eigenvalue weighted by molar-refractivity contribution is 5.71. The molecule has 0 bridgehead atoms. The summed E-state index contributed by atoms with van der Waals surface area (Å²) in [6.07, 6.45) is 1.34. The van der Waals surface area contributed by atoms with E-state index in [4.69, 9.17) is 0 Å². The normalized spacial score (nSPS) is 14.2. The minimum Gasteiger partial charge on any atom is -0.481 e. The van der Waals surface area contributed by atoms with Crippen molar-refractivity contribution >= 4 is 5.97 Å². The molecule has 0 amide bonds. The summed E-state index contributed by atoms with van der Waals surface area (Å²) in [7, 11) is 0. The number of aliphatic carboxylic acids is 1. The van der Waals surface area contributed by atoms with E-state index >= 15 is 0 Å². The Balaban J connectivity index is 2.90. The highest BCUT2D eigenvalue weighted by Gasteiger charge is 2.27. The second-order valence-electron chi connectivity index (χ2n) is 4.88. The van der Waals surface area contributed by atoms with Crippen molar-refractivity contribution in [1.82, 2.24) is 0 Å². The summed E-state index contributed by atoms with van der Waals surface area (Å²) in [5.74, 6) is -1.64. The molecule has 0 heterocycles. The number of rotatable bonds is 6. The van der Waals surface area contributed by atoms with E-state index in [1.165, 1.54) is 0 Å². The largest absolute Gasteiger partial charge is 0.481 e. The molecule has 0 aliphatic rings. The van der Waals surface area contributed by atoms with Gasteiger partial charge < -0.3 is 10.2 Å². The van der Waals surface area contributed by atoms with Crippen LogP contribution in [0.5, 0.6) is 0 Å². The van der Waals surface area contributed by atoms with Crippen molar-refractivity contribution in [3.05, 3.63) is 34.9 Å². The molecule has 1 aromatic carbocycles. The fourth-order valence-corrected chi connectivity index (χ4v) is 2.02. The molecule has 0 saturated heterocycles. The third-order valence-corrected chi connectivity index (χ3v) is 3.44. The Kier molecular flexibility index (Phi) is 5.35. The number of aliphatic hydroxyl groups is 1. The topological polar surface area (TPSA) is 57.5 Å². The van der Waals surface area contributed by atoms with Crippen molar-refractivity contribution in [2.45, 2.75) is 46.1 Å². The summed E-state index contributed by atoms with van der Waals surface area (Å²) >= 11 is 0. The molecule has 1 aromatic rings. The molecule has 100 valence electrons. The van der Waals surface area contributed by atoms with Crippen LogP contribution in [0.4, 0.5) is 0 Å². The van der Waals surface area contributed by atoms with Crippen LogP contribution in [-0.4, -0.2) is 16.2 Å². The second kappa shape index (κ2) is 6.55. The molecule has 3 heteroatoms. The lowest BCUT2D eigenvalue weighted by molar-refractivity contribution is -0.146. The van der Waals surface area contributed by atoms with Gasteiger partial charge in [-0.2, -0.15) is 0 Å². The van der Waals surface area contributed by atoms with E-state index in [0.717, 1.165) is 24.0 Å². The van der Waals surface area contributed by atoms with Crippen LogP contribution in [-0.2, 0) is 4.79 Å². The van der Waals surface area contributed by atoms with E-state index in [1.54, 1.807) is 0 Å². The lowest BCUT2D eigenvalue weighted by Gasteiger charge is -2.20. The van der Waals surface area contributed by atoms with Crippen LogP contribution in [0.1, 0.15) is 49.0 Å². The highest BCUT2D eigenvalue weighted by Crippen LogP contribution is 2.27. The molecular weight excluding hydrogens is 228 g/mol. The number of unbranched alkanes of at least 4 members (excludes halogenated alkanes) is 1. The van der Waals surface area contributed by atoms with Crippen LogP contribution < -0.4 is 0 Å². The number of carboxylic acids is 1. The summed E-state index contributed by atoms with van der Waals surface area (Å²) in [5, 5.41) is 19.4. The summed E-state index contributed by atoms with van der Waals surface area (Å²) < 4.78 is 0. The average Bonchev–Trinajstić information content (AvgIpc) is 2.32. The van der Waals surface area contributed by atoms with Crippen molar-refractivity contribution in [3.63, 3.8) is 0 Å². The molecule has 2 N–H and O–H groups in total. The van der Waals surface area contributed by atoms with Gasteiger partial charge in [0.15, 0.2) is 0 Å². The third-order valence-electron chi connectivity index (χ3n) is 3.44. The van der Waals surface area contributed by atoms with Crippen LogP contribution in [0.3, 0.4) is 0 Å². The van der Waals surface area contributed by atoms with E-state index in [-0.39, 0.29) is 0 Å². The molecular formula is C15H22O3. The molecule has 2 unspecified atom stereocenters. The molecule has 3 nitrogen and oxygen atoms in total. The van der Waals surface area contributed by atoms with Gasteiger partial charge in [0.1, 0.15) is 0 Å². The van der Waals surface area contributed by atoms with Gasteiger partial charge in [-0.3, -0.25) is 4.79 Å². The Morgan fingerprint density at radius 2 is 1.94 bits per heavy atom. The molecule has 18 heavy (non-hydrogen) atoms. The minimum absolute atomic E-state index is 0.514. The first kappa shape index (κ1) is 14.7. The predicted octanol–water partition coefficient (Wildman–Crippen LogP) is 3.23. The fraction of sp³-hybridized carbons (Fsp3) is 0.533. The maximum atomic E-state index is 11.2. The first-order valence-corrected chi connectivity index (χ1v) is 6.45. The molecule has 0 radical (unpaired) electrons. The Morgan fingerprint density at radius 3 is 2.44 bits per heavy atom. The predicted molar refractivity (Wildman–Crippen MR) is 71.5 cm³/mol. The van der Waals surface area contributed by atoms with Gasteiger partial charge in [-0.25, -0.2) is 0 Å². The maximum absolute atomic E-state index is 11.2. The highest BCUT2D eigenvalue weighted by atomic mass is 16.4. The van der Waals surface area contributed by atoms with Gasteiger partial charge in [0.25, 0.3) is 0 Å². The van der Waals surface area contributed by atoms with Crippen LogP contribution >= 0.6 is 0 Å². The summed E-state index contributed by atoms with van der Waals surface area (Å²) in [6, 6.07) is 5.61. The number of hydrogen-bond acceptors (Lipinski definition) is 2. The van der Waals surface area contributed by atoms with Gasteiger partial charge in [-0.05, 0) is 37.0 Å². The number of benzene rings is 1. The summed E-state index contributed by atoms with van der Waals surface area (Å²) in [4.78, 5) is 11.2. The zero-order valence-electron chi connectivity index (χ0n) is 11.3. The third kappa shape index (κ3) is 3.57. The van der Waals surface area contributed by atoms with Crippen molar-refractivity contribution in [2.75, 3.05) is 0 Å². The second-order valence-corrected chi connectivity index (χ2v) is 4.88. The first-order chi connectivity index (χ1) is 8.47. The molecule has 2 atom stereocenters. The van der Waals surface area contributed by atoms with Gasteiger partial charge in [0.05, 0.1) is 12.0 Å². The minimum atomic E-state index is -0.923. The Labute approximate surface area is 108 Å². The number of carbonyl (C=O) groups is 1. The Hall–Kier alpha value is -1.35. The van der Waals surface area contributed by atoms with Crippen molar-refractivity contribution in [2.24, 2.45) is 5.92 Å². The fourth-order valence-electron chi connectivity index (χ4n) is 2.02. The number of hydrogen-bond donors (Lipinski definition) is 2. The van der Waals surface area contributed by atoms with Crippen LogP contribution in [0.15, 0.2) is 18.2 Å². The van der Waals surface area contributed by atoms with E-state index in [9.17, 15) is 15.0 Å². The van der Waals surface area contributed by atoms with Gasteiger partial charge >= 0.3 is 5.97 Å². The molecule has 0 spiro atoms. The van der Waals surface area contributed by atoms with Gasteiger partial charge in [0, 0.05) is 0 Å². The molecule has 0 saturated carbocycles. The van der Waals surface area contributed by atoms with Gasteiger partial charge in [-0.1, -0.05) is 38.0 Å². The Bertz CT molecular complexity index is 412. The standard InChI is InChI=1S/C15H22O3/c1-4-5-6-13(15(17)18)14(16)12-8-7-10(2)11(3)9-12/h7-9,13-14,16H,4-6H2,1-3H3,(H,17,18). The maximum Gasteiger partial charge on any atom is 0.309 e. The molecule has 0 fully saturated rings. The molecule has 0 aromatic heterocycles. The van der Waals surface area contributed by atoms with E-state index < -0.39 is 18.0 Å². The number of aliphatic hydroxyl groups excluding tert-OH is 1. The van der Waals surface area contributed by atoms with Gasteiger partial charge in [0.2, 0.25) is 0 Å². The smallest absolute Gasteiger partial charge is 0.309 e.